The highest BCUT2D eigenvalue weighted by molar-refractivity contribution is 5.26. The summed E-state index contributed by atoms with van der Waals surface area (Å²) in [6.07, 6.45) is 4.15. The molecule has 1 saturated carbocycles. The smallest absolute Gasteiger partial charge is 0.387 e. The predicted octanol–water partition coefficient (Wildman–Crippen LogP) is 6.17. The van der Waals surface area contributed by atoms with E-state index in [9.17, 15) is 17.6 Å². The summed E-state index contributed by atoms with van der Waals surface area (Å²) in [5, 5.41) is 0. The summed E-state index contributed by atoms with van der Waals surface area (Å²) in [4.78, 5) is 0. The quantitative estimate of drug-likeness (QED) is 0.408. The molecule has 140 valence electrons. The van der Waals surface area contributed by atoms with Crippen LogP contribution in [-0.2, 0) is 11.3 Å². The highest BCUT2D eigenvalue weighted by Gasteiger charge is 2.35. The van der Waals surface area contributed by atoms with Gasteiger partial charge in [0.2, 0.25) is 0 Å². The number of ether oxygens (including phenoxy) is 2. The lowest BCUT2D eigenvalue weighted by Crippen LogP contribution is -2.26. The van der Waals surface area contributed by atoms with Gasteiger partial charge < -0.3 is 9.47 Å². The molecule has 2 rings (SSSR count). The van der Waals surface area contributed by atoms with Gasteiger partial charge in [-0.25, -0.2) is 0 Å². The number of allylic oxidation sites excluding steroid dienone is 2. The van der Waals surface area contributed by atoms with Crippen LogP contribution in [-0.4, -0.2) is 12.7 Å². The van der Waals surface area contributed by atoms with Gasteiger partial charge in [0.1, 0.15) is 5.75 Å². The minimum Gasteiger partial charge on any atom is -0.435 e. The summed E-state index contributed by atoms with van der Waals surface area (Å²) in [6.45, 7) is -1.20. The molecule has 1 aliphatic carbocycles. The number of rotatable bonds is 8. The zero-order valence-corrected chi connectivity index (χ0v) is 14.3. The summed E-state index contributed by atoms with van der Waals surface area (Å²) < 4.78 is 61.2. The topological polar surface area (TPSA) is 18.5 Å². The Hall–Kier alpha value is -1.56. The number of hydrogen-bond acceptors (Lipinski definition) is 2. The Bertz CT molecular complexity index is 535. The Morgan fingerprint density at radius 3 is 2.32 bits per heavy atom. The van der Waals surface area contributed by atoms with Crippen molar-refractivity contribution in [3.8, 4) is 5.75 Å². The first kappa shape index (κ1) is 19.8. The summed E-state index contributed by atoms with van der Waals surface area (Å²) in [7, 11) is 0. The van der Waals surface area contributed by atoms with E-state index in [1.807, 2.05) is 13.0 Å². The Kier molecular flexibility index (Phi) is 7.29. The molecule has 0 aliphatic heterocycles. The van der Waals surface area contributed by atoms with Crippen molar-refractivity contribution in [3.05, 3.63) is 42.0 Å². The van der Waals surface area contributed by atoms with Gasteiger partial charge in [0, 0.05) is 6.42 Å². The van der Waals surface area contributed by atoms with Crippen LogP contribution >= 0.6 is 0 Å². The molecule has 0 atom stereocenters. The second kappa shape index (κ2) is 9.22. The van der Waals surface area contributed by atoms with Gasteiger partial charge in [-0.05, 0) is 62.1 Å². The first-order chi connectivity index (χ1) is 11.9. The van der Waals surface area contributed by atoms with Crippen molar-refractivity contribution < 1.29 is 27.0 Å². The Morgan fingerprint density at radius 2 is 1.76 bits per heavy atom. The standard InChI is InChI=1S/C19H24F4O2/c1-2-3-14-4-6-15(7-5-14)12-19(22,23)24-13-16-8-10-17(11-9-16)25-18(20)21/h2-3,8-11,14-15,18H,4-7,12-13H2,1H3/b3-2+. The minimum atomic E-state index is -3.18. The van der Waals surface area contributed by atoms with Gasteiger partial charge in [0.25, 0.3) is 0 Å². The third kappa shape index (κ3) is 7.06. The Balaban J connectivity index is 1.77. The van der Waals surface area contributed by atoms with Crippen LogP contribution in [0.25, 0.3) is 0 Å². The van der Waals surface area contributed by atoms with Crippen LogP contribution in [0, 0.1) is 11.8 Å². The summed E-state index contributed by atoms with van der Waals surface area (Å²) in [5.74, 6) is 0.464. The monoisotopic (exact) mass is 360 g/mol. The number of halogens is 4. The molecule has 2 nitrogen and oxygen atoms in total. The van der Waals surface area contributed by atoms with Crippen LogP contribution in [0.15, 0.2) is 36.4 Å². The maximum Gasteiger partial charge on any atom is 0.387 e. The lowest BCUT2D eigenvalue weighted by molar-refractivity contribution is -0.256. The summed E-state index contributed by atoms with van der Waals surface area (Å²) in [6, 6.07) is 5.50. The van der Waals surface area contributed by atoms with E-state index in [0.29, 0.717) is 11.5 Å². The first-order valence-corrected chi connectivity index (χ1v) is 8.56. The van der Waals surface area contributed by atoms with Crippen LogP contribution in [0.4, 0.5) is 17.6 Å². The largest absolute Gasteiger partial charge is 0.435 e. The SMILES string of the molecule is C/C=C/C1CCC(CC(F)(F)OCc2ccc(OC(F)F)cc2)CC1. The molecule has 1 aromatic rings. The Labute approximate surface area is 145 Å². The fraction of sp³-hybridized carbons (Fsp3) is 0.579. The van der Waals surface area contributed by atoms with E-state index in [1.165, 1.54) is 24.3 Å². The van der Waals surface area contributed by atoms with E-state index in [-0.39, 0.29) is 24.7 Å². The maximum atomic E-state index is 14.0. The fourth-order valence-electron chi connectivity index (χ4n) is 3.21. The molecule has 25 heavy (non-hydrogen) atoms. The van der Waals surface area contributed by atoms with Gasteiger partial charge in [-0.15, -0.1) is 0 Å². The minimum absolute atomic E-state index is 0.0107. The van der Waals surface area contributed by atoms with Gasteiger partial charge in [0.15, 0.2) is 0 Å². The summed E-state index contributed by atoms with van der Waals surface area (Å²) >= 11 is 0. The molecular weight excluding hydrogens is 336 g/mol. The zero-order valence-electron chi connectivity index (χ0n) is 14.3. The highest BCUT2D eigenvalue weighted by Crippen LogP contribution is 2.37. The number of alkyl halides is 4. The fourth-order valence-corrected chi connectivity index (χ4v) is 3.21. The van der Waals surface area contributed by atoms with Gasteiger partial charge in [0.05, 0.1) is 6.61 Å². The van der Waals surface area contributed by atoms with Gasteiger partial charge in [-0.1, -0.05) is 24.3 Å². The molecule has 0 radical (unpaired) electrons. The first-order valence-electron chi connectivity index (χ1n) is 8.56. The van der Waals surface area contributed by atoms with Crippen molar-refractivity contribution in [1.29, 1.82) is 0 Å². The van der Waals surface area contributed by atoms with Crippen LogP contribution in [0.2, 0.25) is 0 Å². The zero-order chi connectivity index (χ0) is 18.3. The molecule has 0 unspecified atom stereocenters. The highest BCUT2D eigenvalue weighted by atomic mass is 19.3. The molecule has 0 bridgehead atoms. The summed E-state index contributed by atoms with van der Waals surface area (Å²) in [5.41, 5.74) is 0.484. The average molecular weight is 360 g/mol. The maximum absolute atomic E-state index is 14.0. The van der Waals surface area contributed by atoms with Crippen LogP contribution < -0.4 is 4.74 Å². The molecule has 0 aromatic heterocycles. The molecule has 1 aromatic carbocycles. The van der Waals surface area contributed by atoms with Crippen molar-refractivity contribution in [2.24, 2.45) is 11.8 Å². The second-order valence-electron chi connectivity index (χ2n) is 6.46. The Morgan fingerprint density at radius 1 is 1.12 bits per heavy atom. The second-order valence-corrected chi connectivity index (χ2v) is 6.46. The lowest BCUT2D eigenvalue weighted by atomic mass is 9.80. The van der Waals surface area contributed by atoms with E-state index in [0.717, 1.165) is 25.7 Å². The van der Waals surface area contributed by atoms with Crippen molar-refractivity contribution in [1.82, 2.24) is 0 Å². The van der Waals surface area contributed by atoms with Crippen LogP contribution in [0.1, 0.15) is 44.6 Å². The van der Waals surface area contributed by atoms with E-state index in [2.05, 4.69) is 10.8 Å². The van der Waals surface area contributed by atoms with Gasteiger partial charge >= 0.3 is 12.7 Å². The van der Waals surface area contributed by atoms with Crippen LogP contribution in [0.5, 0.6) is 5.75 Å². The van der Waals surface area contributed by atoms with E-state index >= 15 is 0 Å². The van der Waals surface area contributed by atoms with E-state index in [4.69, 9.17) is 4.74 Å². The van der Waals surface area contributed by atoms with Crippen molar-refractivity contribution >= 4 is 0 Å². The normalized spacial score (nSPS) is 21.8. The average Bonchev–Trinajstić information content (AvgIpc) is 2.56. The lowest BCUT2D eigenvalue weighted by Gasteiger charge is -2.29. The van der Waals surface area contributed by atoms with Gasteiger partial charge in [-0.3, -0.25) is 0 Å². The third-order valence-electron chi connectivity index (χ3n) is 4.48. The van der Waals surface area contributed by atoms with Crippen molar-refractivity contribution in [2.45, 2.75) is 58.4 Å². The van der Waals surface area contributed by atoms with Crippen molar-refractivity contribution in [3.63, 3.8) is 0 Å². The van der Waals surface area contributed by atoms with Crippen LogP contribution in [0.3, 0.4) is 0 Å². The number of benzene rings is 1. The predicted molar refractivity (Wildman–Crippen MR) is 87.7 cm³/mol. The molecule has 0 spiro atoms. The molecule has 0 saturated heterocycles. The van der Waals surface area contributed by atoms with Gasteiger partial charge in [-0.2, -0.15) is 17.6 Å². The molecular formula is C19H24F4O2. The molecule has 0 heterocycles. The molecule has 1 fully saturated rings. The van der Waals surface area contributed by atoms with E-state index < -0.39 is 12.7 Å². The third-order valence-corrected chi connectivity index (χ3v) is 4.48. The molecule has 1 aliphatic rings. The molecule has 0 N–H and O–H groups in total. The number of hydrogen-bond donors (Lipinski definition) is 0. The molecule has 0 amide bonds. The van der Waals surface area contributed by atoms with Crippen molar-refractivity contribution in [2.75, 3.05) is 0 Å². The molecule has 6 heteroatoms. The van der Waals surface area contributed by atoms with E-state index in [1.54, 1.807) is 0 Å².